The molecule has 1 heterocycles. The summed E-state index contributed by atoms with van der Waals surface area (Å²) in [5.41, 5.74) is 1.24. The molecule has 2 aromatic rings. The average molecular weight is 477 g/mol. The van der Waals surface area contributed by atoms with Crippen molar-refractivity contribution in [1.82, 2.24) is 10.6 Å². The minimum atomic E-state index is -3.88. The number of esters is 1. The Kier molecular flexibility index (Phi) is 6.67. The third kappa shape index (κ3) is 4.97. The van der Waals surface area contributed by atoms with Crippen LogP contribution in [0.3, 0.4) is 0 Å². The molecule has 0 radical (unpaired) electrons. The Labute approximate surface area is 192 Å². The van der Waals surface area contributed by atoms with Gasteiger partial charge in [-0.1, -0.05) is 62.7 Å². The topological polar surface area (TPSA) is 102 Å². The molecule has 0 unspecified atom stereocenters. The first kappa shape index (κ1) is 23.8. The molecule has 2 amide bonds. The quantitative estimate of drug-likeness (QED) is 0.637. The molecule has 170 valence electrons. The van der Waals surface area contributed by atoms with Crippen LogP contribution in [-0.4, -0.2) is 33.3 Å². The third-order valence-corrected chi connectivity index (χ3v) is 7.19. The Morgan fingerprint density at radius 2 is 1.72 bits per heavy atom. The SMILES string of the molecule is COC(=O)C1=C(CS(=O)(=O)c2ccc(C(C)(C)C)cc2)NC(=O)N[C@H]1c1ccccc1Cl. The van der Waals surface area contributed by atoms with Crippen molar-refractivity contribution in [3.05, 3.63) is 76.0 Å². The molecule has 0 saturated carbocycles. The van der Waals surface area contributed by atoms with Gasteiger partial charge in [-0.05, 0) is 34.7 Å². The summed E-state index contributed by atoms with van der Waals surface area (Å²) in [5, 5.41) is 5.42. The van der Waals surface area contributed by atoms with Crippen molar-refractivity contribution in [2.24, 2.45) is 0 Å². The van der Waals surface area contributed by atoms with Crippen LogP contribution in [0, 0.1) is 0 Å². The number of carbonyl (C=O) groups is 2. The van der Waals surface area contributed by atoms with Crippen LogP contribution in [0.15, 0.2) is 64.7 Å². The van der Waals surface area contributed by atoms with Crippen molar-refractivity contribution < 1.29 is 22.7 Å². The van der Waals surface area contributed by atoms with Gasteiger partial charge in [-0.3, -0.25) is 0 Å². The number of benzene rings is 2. The number of methoxy groups -OCH3 is 1. The van der Waals surface area contributed by atoms with E-state index in [2.05, 4.69) is 10.6 Å². The standard InChI is InChI=1S/C23H25ClN2O5S/c1-23(2,3)14-9-11-15(12-10-14)32(29,30)13-18-19(21(27)31-4)20(26-22(28)25-18)16-7-5-6-8-17(16)24/h5-12,20H,13H2,1-4H3,(H2,25,26,28)/t20-/m0/s1. The predicted octanol–water partition coefficient (Wildman–Crippen LogP) is 3.89. The molecular formula is C23H25ClN2O5S. The average Bonchev–Trinajstić information content (AvgIpc) is 2.72. The molecule has 0 fully saturated rings. The smallest absolute Gasteiger partial charge is 0.338 e. The van der Waals surface area contributed by atoms with Crippen molar-refractivity contribution in [2.75, 3.05) is 12.9 Å². The maximum atomic E-state index is 13.2. The molecule has 0 aromatic heterocycles. The zero-order valence-corrected chi connectivity index (χ0v) is 19.8. The molecule has 3 rings (SSSR count). The fraction of sp³-hybridized carbons (Fsp3) is 0.304. The minimum absolute atomic E-state index is 0.0184. The molecule has 1 atom stereocenters. The normalized spacial score (nSPS) is 16.9. The summed E-state index contributed by atoms with van der Waals surface area (Å²) >= 11 is 6.28. The molecule has 1 aliphatic heterocycles. The number of halogens is 1. The van der Waals surface area contributed by atoms with Gasteiger partial charge in [0, 0.05) is 10.7 Å². The zero-order valence-electron chi connectivity index (χ0n) is 18.2. The van der Waals surface area contributed by atoms with Crippen LogP contribution < -0.4 is 10.6 Å². The number of nitrogens with one attached hydrogen (secondary N) is 2. The van der Waals surface area contributed by atoms with Gasteiger partial charge in [-0.25, -0.2) is 18.0 Å². The molecule has 1 aliphatic rings. The fourth-order valence-electron chi connectivity index (χ4n) is 3.46. The Morgan fingerprint density at radius 1 is 1.09 bits per heavy atom. The number of ether oxygens (including phenoxy) is 1. The number of hydrogen-bond acceptors (Lipinski definition) is 5. The molecular weight excluding hydrogens is 452 g/mol. The Balaban J connectivity index is 2.06. The Morgan fingerprint density at radius 3 is 2.28 bits per heavy atom. The van der Waals surface area contributed by atoms with E-state index < -0.39 is 33.6 Å². The summed E-state index contributed by atoms with van der Waals surface area (Å²) in [6, 6.07) is 11.7. The molecule has 2 aromatic carbocycles. The van der Waals surface area contributed by atoms with E-state index in [9.17, 15) is 18.0 Å². The minimum Gasteiger partial charge on any atom is -0.466 e. The molecule has 0 saturated heterocycles. The molecule has 7 nitrogen and oxygen atoms in total. The highest BCUT2D eigenvalue weighted by Crippen LogP contribution is 2.33. The van der Waals surface area contributed by atoms with Crippen molar-refractivity contribution in [1.29, 1.82) is 0 Å². The van der Waals surface area contributed by atoms with E-state index >= 15 is 0 Å². The van der Waals surface area contributed by atoms with E-state index in [0.29, 0.717) is 10.6 Å². The number of sulfone groups is 1. The van der Waals surface area contributed by atoms with Crippen LogP contribution in [0.5, 0.6) is 0 Å². The van der Waals surface area contributed by atoms with Gasteiger partial charge >= 0.3 is 12.0 Å². The summed E-state index contributed by atoms with van der Waals surface area (Å²) in [7, 11) is -2.69. The molecule has 9 heteroatoms. The van der Waals surface area contributed by atoms with Crippen molar-refractivity contribution in [3.8, 4) is 0 Å². The van der Waals surface area contributed by atoms with E-state index in [4.69, 9.17) is 16.3 Å². The van der Waals surface area contributed by atoms with Crippen LogP contribution in [0.2, 0.25) is 5.02 Å². The van der Waals surface area contributed by atoms with Crippen LogP contribution in [0.4, 0.5) is 4.79 Å². The molecule has 32 heavy (non-hydrogen) atoms. The van der Waals surface area contributed by atoms with Crippen LogP contribution in [-0.2, 0) is 24.8 Å². The summed E-state index contributed by atoms with van der Waals surface area (Å²) in [5.74, 6) is -1.35. The third-order valence-electron chi connectivity index (χ3n) is 5.19. The second kappa shape index (κ2) is 8.96. The van der Waals surface area contributed by atoms with E-state index in [1.165, 1.54) is 19.2 Å². The van der Waals surface area contributed by atoms with E-state index in [0.717, 1.165) is 5.56 Å². The maximum Gasteiger partial charge on any atom is 0.338 e. The highest BCUT2D eigenvalue weighted by molar-refractivity contribution is 7.91. The van der Waals surface area contributed by atoms with Crippen LogP contribution >= 0.6 is 11.6 Å². The van der Waals surface area contributed by atoms with Crippen molar-refractivity contribution in [3.63, 3.8) is 0 Å². The van der Waals surface area contributed by atoms with Crippen LogP contribution in [0.1, 0.15) is 37.9 Å². The van der Waals surface area contributed by atoms with Crippen molar-refractivity contribution in [2.45, 2.75) is 37.1 Å². The van der Waals surface area contributed by atoms with Gasteiger partial charge in [-0.2, -0.15) is 0 Å². The summed E-state index contributed by atoms with van der Waals surface area (Å²) in [4.78, 5) is 25.1. The predicted molar refractivity (Wildman–Crippen MR) is 122 cm³/mol. The number of carbonyl (C=O) groups excluding carboxylic acids is 2. The molecule has 0 spiro atoms. The lowest BCUT2D eigenvalue weighted by Crippen LogP contribution is -2.47. The van der Waals surface area contributed by atoms with Gasteiger partial charge < -0.3 is 15.4 Å². The largest absolute Gasteiger partial charge is 0.466 e. The Bertz CT molecular complexity index is 1180. The maximum absolute atomic E-state index is 13.2. The van der Waals surface area contributed by atoms with Gasteiger partial charge in [-0.15, -0.1) is 0 Å². The highest BCUT2D eigenvalue weighted by Gasteiger charge is 2.36. The van der Waals surface area contributed by atoms with Crippen LogP contribution in [0.25, 0.3) is 0 Å². The summed E-state index contributed by atoms with van der Waals surface area (Å²) in [6.07, 6.45) is 0. The first-order chi connectivity index (χ1) is 14.9. The van der Waals surface area contributed by atoms with Gasteiger partial charge in [0.2, 0.25) is 0 Å². The lowest BCUT2D eigenvalue weighted by molar-refractivity contribution is -0.136. The number of amides is 2. The number of urea groups is 1. The second-order valence-electron chi connectivity index (χ2n) is 8.47. The highest BCUT2D eigenvalue weighted by atomic mass is 35.5. The van der Waals surface area contributed by atoms with E-state index in [-0.39, 0.29) is 21.6 Å². The molecule has 0 aliphatic carbocycles. The summed E-state index contributed by atoms with van der Waals surface area (Å²) in [6.45, 7) is 6.09. The fourth-order valence-corrected chi connectivity index (χ4v) is 5.03. The van der Waals surface area contributed by atoms with E-state index in [1.54, 1.807) is 36.4 Å². The van der Waals surface area contributed by atoms with Gasteiger partial charge in [0.05, 0.1) is 29.4 Å². The monoisotopic (exact) mass is 476 g/mol. The second-order valence-corrected chi connectivity index (χ2v) is 10.9. The number of hydrogen-bond donors (Lipinski definition) is 2. The zero-order chi connectivity index (χ0) is 23.7. The lowest BCUT2D eigenvalue weighted by Gasteiger charge is -2.29. The van der Waals surface area contributed by atoms with Crippen molar-refractivity contribution >= 4 is 33.4 Å². The summed E-state index contributed by atoms with van der Waals surface area (Å²) < 4.78 is 31.2. The Hall–Kier alpha value is -2.84. The first-order valence-corrected chi connectivity index (χ1v) is 11.9. The first-order valence-electron chi connectivity index (χ1n) is 9.90. The van der Waals surface area contributed by atoms with Gasteiger partial charge in [0.25, 0.3) is 0 Å². The van der Waals surface area contributed by atoms with Gasteiger partial charge in [0.15, 0.2) is 9.84 Å². The molecule has 0 bridgehead atoms. The van der Waals surface area contributed by atoms with Gasteiger partial charge in [0.1, 0.15) is 0 Å². The number of rotatable bonds is 5. The lowest BCUT2D eigenvalue weighted by atomic mass is 9.87. The van der Waals surface area contributed by atoms with E-state index in [1.807, 2.05) is 20.8 Å². The molecule has 2 N–H and O–H groups in total.